The molecule has 0 bridgehead atoms. The van der Waals surface area contributed by atoms with Gasteiger partial charge in [-0.2, -0.15) is 0 Å². The van der Waals surface area contributed by atoms with Crippen LogP contribution in [0.2, 0.25) is 0 Å². The molecule has 0 aliphatic rings. The second-order valence-electron chi connectivity index (χ2n) is 3.76. The molecule has 0 fully saturated rings. The number of benzene rings is 1. The second kappa shape index (κ2) is 4.86. The van der Waals surface area contributed by atoms with Gasteiger partial charge in [-0.15, -0.1) is 0 Å². The Bertz CT molecular complexity index is 299. The molecule has 0 saturated carbocycles. The highest BCUT2D eigenvalue weighted by Gasteiger charge is 2.02. The molecule has 4 N–H and O–H groups in total. The predicted octanol–water partition coefficient (Wildman–Crippen LogP) is 1.62. The molecule has 0 spiro atoms. The lowest BCUT2D eigenvalue weighted by molar-refractivity contribution is 0.244. The first-order valence-electron chi connectivity index (χ1n) is 4.84. The number of aryl methyl sites for hydroxylation is 1. The number of rotatable bonds is 4. The van der Waals surface area contributed by atoms with Gasteiger partial charge in [0, 0.05) is 13.2 Å². The van der Waals surface area contributed by atoms with Crippen molar-refractivity contribution in [1.29, 1.82) is 0 Å². The summed E-state index contributed by atoms with van der Waals surface area (Å²) < 4.78 is 0. The molecule has 0 radical (unpaired) electrons. The molecule has 78 valence electrons. The SMILES string of the molecule is Cc1ccc(N)c(NCC(C)CO)c1. The number of hydrogen-bond acceptors (Lipinski definition) is 3. The average Bonchev–Trinajstić information content (AvgIpc) is 2.19. The van der Waals surface area contributed by atoms with Crippen LogP contribution in [0.1, 0.15) is 12.5 Å². The monoisotopic (exact) mass is 194 g/mol. The van der Waals surface area contributed by atoms with Crippen LogP contribution >= 0.6 is 0 Å². The summed E-state index contributed by atoms with van der Waals surface area (Å²) >= 11 is 0. The van der Waals surface area contributed by atoms with Crippen molar-refractivity contribution in [1.82, 2.24) is 0 Å². The van der Waals surface area contributed by atoms with Crippen LogP contribution in [0.5, 0.6) is 0 Å². The topological polar surface area (TPSA) is 58.3 Å². The molecule has 0 saturated heterocycles. The Kier molecular flexibility index (Phi) is 3.77. The molecule has 0 amide bonds. The molecular weight excluding hydrogens is 176 g/mol. The van der Waals surface area contributed by atoms with Gasteiger partial charge in [0.05, 0.1) is 11.4 Å². The van der Waals surface area contributed by atoms with Crippen molar-refractivity contribution in [3.8, 4) is 0 Å². The van der Waals surface area contributed by atoms with E-state index in [4.69, 9.17) is 10.8 Å². The van der Waals surface area contributed by atoms with Crippen LogP contribution in [-0.2, 0) is 0 Å². The van der Waals surface area contributed by atoms with Crippen molar-refractivity contribution < 1.29 is 5.11 Å². The van der Waals surface area contributed by atoms with Crippen molar-refractivity contribution in [2.45, 2.75) is 13.8 Å². The van der Waals surface area contributed by atoms with Gasteiger partial charge in [0.2, 0.25) is 0 Å². The Balaban J connectivity index is 2.62. The summed E-state index contributed by atoms with van der Waals surface area (Å²) in [5.74, 6) is 0.245. The summed E-state index contributed by atoms with van der Waals surface area (Å²) in [5, 5.41) is 12.1. The molecule has 0 aromatic heterocycles. The van der Waals surface area contributed by atoms with Crippen LogP contribution in [0.4, 0.5) is 11.4 Å². The third kappa shape index (κ3) is 2.92. The zero-order chi connectivity index (χ0) is 10.6. The van der Waals surface area contributed by atoms with Gasteiger partial charge in [-0.1, -0.05) is 13.0 Å². The zero-order valence-electron chi connectivity index (χ0n) is 8.75. The van der Waals surface area contributed by atoms with Crippen LogP contribution in [0.15, 0.2) is 18.2 Å². The van der Waals surface area contributed by atoms with Crippen LogP contribution < -0.4 is 11.1 Å². The van der Waals surface area contributed by atoms with Crippen molar-refractivity contribution in [3.63, 3.8) is 0 Å². The van der Waals surface area contributed by atoms with E-state index >= 15 is 0 Å². The van der Waals surface area contributed by atoms with Gasteiger partial charge in [0.1, 0.15) is 0 Å². The minimum Gasteiger partial charge on any atom is -0.397 e. The van der Waals surface area contributed by atoms with E-state index in [0.29, 0.717) is 0 Å². The van der Waals surface area contributed by atoms with E-state index < -0.39 is 0 Å². The van der Waals surface area contributed by atoms with Crippen LogP contribution in [-0.4, -0.2) is 18.3 Å². The molecule has 1 aromatic rings. The minimum atomic E-state index is 0.193. The standard InChI is InChI=1S/C11H18N2O/c1-8-3-4-10(12)11(5-8)13-6-9(2)7-14/h3-5,9,13-14H,6-7,12H2,1-2H3. The van der Waals surface area contributed by atoms with Crippen LogP contribution in [0.3, 0.4) is 0 Å². The number of nitrogens with one attached hydrogen (secondary N) is 1. The molecule has 1 aromatic carbocycles. The molecule has 1 unspecified atom stereocenters. The van der Waals surface area contributed by atoms with E-state index in [9.17, 15) is 0 Å². The Morgan fingerprint density at radius 2 is 2.21 bits per heavy atom. The highest BCUT2D eigenvalue weighted by molar-refractivity contribution is 5.66. The van der Waals surface area contributed by atoms with Gasteiger partial charge >= 0.3 is 0 Å². The first kappa shape index (κ1) is 10.9. The summed E-state index contributed by atoms with van der Waals surface area (Å²) in [7, 11) is 0. The fourth-order valence-electron chi connectivity index (χ4n) is 1.17. The molecule has 0 aliphatic carbocycles. The first-order valence-corrected chi connectivity index (χ1v) is 4.84. The van der Waals surface area contributed by atoms with Crippen LogP contribution in [0.25, 0.3) is 0 Å². The zero-order valence-corrected chi connectivity index (χ0v) is 8.75. The molecule has 14 heavy (non-hydrogen) atoms. The van der Waals surface area contributed by atoms with E-state index in [1.54, 1.807) is 0 Å². The predicted molar refractivity (Wildman–Crippen MR) is 60.3 cm³/mol. The molecule has 3 heteroatoms. The number of aliphatic hydroxyl groups excluding tert-OH is 1. The molecule has 1 rings (SSSR count). The molecule has 3 nitrogen and oxygen atoms in total. The fourth-order valence-corrected chi connectivity index (χ4v) is 1.17. The van der Waals surface area contributed by atoms with Gasteiger partial charge in [-0.25, -0.2) is 0 Å². The van der Waals surface area contributed by atoms with Gasteiger partial charge < -0.3 is 16.2 Å². The van der Waals surface area contributed by atoms with Gasteiger partial charge in [-0.3, -0.25) is 0 Å². The van der Waals surface area contributed by atoms with Crippen LogP contribution in [0, 0.1) is 12.8 Å². The first-order chi connectivity index (χ1) is 6.63. The Hall–Kier alpha value is -1.22. The lowest BCUT2D eigenvalue weighted by atomic mass is 10.1. The Morgan fingerprint density at radius 1 is 1.50 bits per heavy atom. The third-order valence-electron chi connectivity index (χ3n) is 2.16. The number of hydrogen-bond donors (Lipinski definition) is 3. The summed E-state index contributed by atoms with van der Waals surface area (Å²) in [6.07, 6.45) is 0. The van der Waals surface area contributed by atoms with E-state index in [0.717, 1.165) is 17.9 Å². The Labute approximate surface area is 84.9 Å². The molecule has 1 atom stereocenters. The van der Waals surface area contributed by atoms with Gasteiger partial charge in [0.25, 0.3) is 0 Å². The number of nitrogen functional groups attached to an aromatic ring is 1. The maximum Gasteiger partial charge on any atom is 0.0576 e. The molecule has 0 heterocycles. The minimum absolute atomic E-state index is 0.193. The van der Waals surface area contributed by atoms with Crippen molar-refractivity contribution >= 4 is 11.4 Å². The highest BCUT2D eigenvalue weighted by atomic mass is 16.3. The number of nitrogens with two attached hydrogens (primary N) is 1. The maximum atomic E-state index is 8.87. The van der Waals surface area contributed by atoms with Gasteiger partial charge in [0.15, 0.2) is 0 Å². The number of aliphatic hydroxyl groups is 1. The van der Waals surface area contributed by atoms with Crippen molar-refractivity contribution in [2.75, 3.05) is 24.2 Å². The van der Waals surface area contributed by atoms with E-state index in [1.807, 2.05) is 32.0 Å². The summed E-state index contributed by atoms with van der Waals surface area (Å²) in [5.41, 5.74) is 8.67. The molecule has 0 aliphatic heterocycles. The van der Waals surface area contributed by atoms with E-state index in [1.165, 1.54) is 5.56 Å². The lowest BCUT2D eigenvalue weighted by Crippen LogP contribution is -2.15. The van der Waals surface area contributed by atoms with Gasteiger partial charge in [-0.05, 0) is 30.5 Å². The maximum absolute atomic E-state index is 8.87. The van der Waals surface area contributed by atoms with Crippen molar-refractivity contribution in [2.24, 2.45) is 5.92 Å². The molecular formula is C11H18N2O. The average molecular weight is 194 g/mol. The second-order valence-corrected chi connectivity index (χ2v) is 3.76. The Morgan fingerprint density at radius 3 is 2.86 bits per heavy atom. The quantitative estimate of drug-likeness (QED) is 0.638. The van der Waals surface area contributed by atoms with E-state index in [-0.39, 0.29) is 12.5 Å². The third-order valence-corrected chi connectivity index (χ3v) is 2.16. The largest absolute Gasteiger partial charge is 0.397 e. The normalized spacial score (nSPS) is 12.5. The summed E-state index contributed by atoms with van der Waals surface area (Å²) in [4.78, 5) is 0. The van der Waals surface area contributed by atoms with Crippen molar-refractivity contribution in [3.05, 3.63) is 23.8 Å². The highest BCUT2D eigenvalue weighted by Crippen LogP contribution is 2.19. The number of anilines is 2. The summed E-state index contributed by atoms with van der Waals surface area (Å²) in [6, 6.07) is 5.89. The fraction of sp³-hybridized carbons (Fsp3) is 0.455. The summed E-state index contributed by atoms with van der Waals surface area (Å²) in [6.45, 7) is 4.95. The lowest BCUT2D eigenvalue weighted by Gasteiger charge is -2.13. The smallest absolute Gasteiger partial charge is 0.0576 e. The van der Waals surface area contributed by atoms with E-state index in [2.05, 4.69) is 5.32 Å².